The molecule has 3 rings (SSSR count). The first kappa shape index (κ1) is 18.9. The SMILES string of the molecule is CCc1ccc(C(=O)N2CCN(C(=O)C(C)C)[C@H]3CS(=O)(=O)C[C@H]32)cc1. The molecule has 2 heterocycles. The van der Waals surface area contributed by atoms with Crippen LogP contribution in [0.1, 0.15) is 36.7 Å². The highest BCUT2D eigenvalue weighted by Crippen LogP contribution is 2.29. The van der Waals surface area contributed by atoms with Gasteiger partial charge in [0.05, 0.1) is 23.6 Å². The van der Waals surface area contributed by atoms with Crippen LogP contribution in [-0.2, 0) is 21.1 Å². The van der Waals surface area contributed by atoms with Gasteiger partial charge in [0.15, 0.2) is 9.84 Å². The third kappa shape index (κ3) is 3.49. The Morgan fingerprint density at radius 1 is 1.04 bits per heavy atom. The number of carbonyl (C=O) groups excluding carboxylic acids is 2. The third-order valence-electron chi connectivity index (χ3n) is 5.32. The summed E-state index contributed by atoms with van der Waals surface area (Å²) in [5, 5.41) is 0. The van der Waals surface area contributed by atoms with Crippen LogP contribution in [0.2, 0.25) is 0 Å². The number of hydrogen-bond donors (Lipinski definition) is 0. The molecule has 2 fully saturated rings. The zero-order chi connectivity index (χ0) is 19.1. The number of rotatable bonds is 3. The number of hydrogen-bond acceptors (Lipinski definition) is 4. The molecule has 7 heteroatoms. The first-order valence-corrected chi connectivity index (χ1v) is 11.0. The molecular weight excluding hydrogens is 352 g/mol. The van der Waals surface area contributed by atoms with Crippen LogP contribution >= 0.6 is 0 Å². The van der Waals surface area contributed by atoms with E-state index in [4.69, 9.17) is 0 Å². The predicted molar refractivity (Wildman–Crippen MR) is 99.6 cm³/mol. The number of benzene rings is 1. The number of sulfone groups is 1. The van der Waals surface area contributed by atoms with E-state index in [1.54, 1.807) is 21.9 Å². The fraction of sp³-hybridized carbons (Fsp3) is 0.579. The molecule has 2 atom stereocenters. The van der Waals surface area contributed by atoms with Gasteiger partial charge in [-0.1, -0.05) is 32.9 Å². The fourth-order valence-corrected chi connectivity index (χ4v) is 5.84. The summed E-state index contributed by atoms with van der Waals surface area (Å²) in [6.45, 7) is 6.42. The normalized spacial score (nSPS) is 24.6. The number of nitrogens with zero attached hydrogens (tertiary/aromatic N) is 2. The highest BCUT2D eigenvalue weighted by atomic mass is 32.2. The van der Waals surface area contributed by atoms with Gasteiger partial charge in [-0.2, -0.15) is 0 Å². The quantitative estimate of drug-likeness (QED) is 0.796. The maximum absolute atomic E-state index is 13.0. The Hall–Kier alpha value is -1.89. The summed E-state index contributed by atoms with van der Waals surface area (Å²) in [4.78, 5) is 28.8. The summed E-state index contributed by atoms with van der Waals surface area (Å²) in [5.41, 5.74) is 1.71. The van der Waals surface area contributed by atoms with E-state index in [0.29, 0.717) is 18.7 Å². The lowest BCUT2D eigenvalue weighted by molar-refractivity contribution is -0.139. The Morgan fingerprint density at radius 3 is 2.12 bits per heavy atom. The lowest BCUT2D eigenvalue weighted by Gasteiger charge is -2.44. The van der Waals surface area contributed by atoms with E-state index in [-0.39, 0.29) is 29.2 Å². The minimum absolute atomic E-state index is 0.0449. The minimum Gasteiger partial charge on any atom is -0.335 e. The van der Waals surface area contributed by atoms with Gasteiger partial charge >= 0.3 is 0 Å². The molecule has 2 saturated heterocycles. The van der Waals surface area contributed by atoms with Gasteiger partial charge in [-0.3, -0.25) is 9.59 Å². The van der Waals surface area contributed by atoms with E-state index in [9.17, 15) is 18.0 Å². The van der Waals surface area contributed by atoms with Crippen LogP contribution < -0.4 is 0 Å². The van der Waals surface area contributed by atoms with Crippen molar-refractivity contribution in [1.82, 2.24) is 9.80 Å². The molecule has 2 aliphatic rings. The van der Waals surface area contributed by atoms with Crippen LogP contribution in [0.15, 0.2) is 24.3 Å². The van der Waals surface area contributed by atoms with Gasteiger partial charge < -0.3 is 9.80 Å². The molecule has 1 aromatic carbocycles. The lowest BCUT2D eigenvalue weighted by Crippen LogP contribution is -2.62. The number of fused-ring (bicyclic) bond motifs is 1. The second-order valence-corrected chi connectivity index (χ2v) is 9.60. The first-order chi connectivity index (χ1) is 12.2. The fourth-order valence-electron chi connectivity index (χ4n) is 3.86. The molecular formula is C19H26N2O4S. The van der Waals surface area contributed by atoms with Crippen LogP contribution in [0.4, 0.5) is 0 Å². The van der Waals surface area contributed by atoms with Crippen molar-refractivity contribution < 1.29 is 18.0 Å². The second kappa shape index (κ2) is 7.02. The molecule has 0 spiro atoms. The average molecular weight is 378 g/mol. The van der Waals surface area contributed by atoms with Crippen LogP contribution in [0.5, 0.6) is 0 Å². The number of amides is 2. The Balaban J connectivity index is 1.87. The molecule has 0 aliphatic carbocycles. The van der Waals surface area contributed by atoms with E-state index in [0.717, 1.165) is 12.0 Å². The molecule has 0 bridgehead atoms. The maximum Gasteiger partial charge on any atom is 0.254 e. The molecule has 1 aromatic rings. The largest absolute Gasteiger partial charge is 0.335 e. The van der Waals surface area contributed by atoms with Crippen molar-refractivity contribution in [3.05, 3.63) is 35.4 Å². The van der Waals surface area contributed by atoms with Gasteiger partial charge in [-0.05, 0) is 24.1 Å². The highest BCUT2D eigenvalue weighted by Gasteiger charge is 2.49. The Labute approximate surface area is 155 Å². The number of carbonyl (C=O) groups is 2. The summed E-state index contributed by atoms with van der Waals surface area (Å²) in [5.74, 6) is -0.525. The van der Waals surface area contributed by atoms with E-state index >= 15 is 0 Å². The second-order valence-electron chi connectivity index (χ2n) is 7.45. The van der Waals surface area contributed by atoms with Gasteiger partial charge in [-0.15, -0.1) is 0 Å². The van der Waals surface area contributed by atoms with Crippen molar-refractivity contribution in [2.24, 2.45) is 5.92 Å². The average Bonchev–Trinajstić information content (AvgIpc) is 2.94. The third-order valence-corrected chi connectivity index (χ3v) is 7.02. The molecule has 26 heavy (non-hydrogen) atoms. The Bertz CT molecular complexity index is 801. The summed E-state index contributed by atoms with van der Waals surface area (Å²) in [6.07, 6.45) is 0.896. The number of piperazine rings is 1. The lowest BCUT2D eigenvalue weighted by atomic mass is 10.0. The van der Waals surface area contributed by atoms with Crippen LogP contribution in [0.25, 0.3) is 0 Å². The van der Waals surface area contributed by atoms with Crippen molar-refractivity contribution in [3.8, 4) is 0 Å². The monoisotopic (exact) mass is 378 g/mol. The van der Waals surface area contributed by atoms with Gasteiger partial charge in [0.25, 0.3) is 5.91 Å². The molecule has 0 aromatic heterocycles. The van der Waals surface area contributed by atoms with E-state index in [1.807, 2.05) is 26.0 Å². The molecule has 142 valence electrons. The number of aryl methyl sites for hydroxylation is 1. The molecule has 2 amide bonds. The summed E-state index contributed by atoms with van der Waals surface area (Å²) >= 11 is 0. The van der Waals surface area contributed by atoms with Crippen LogP contribution in [0.3, 0.4) is 0 Å². The Kier molecular flexibility index (Phi) is 5.10. The summed E-state index contributed by atoms with van der Waals surface area (Å²) in [6, 6.07) is 6.54. The van der Waals surface area contributed by atoms with E-state index in [2.05, 4.69) is 6.92 Å². The van der Waals surface area contributed by atoms with E-state index in [1.165, 1.54) is 0 Å². The van der Waals surface area contributed by atoms with Gasteiger partial charge in [0.1, 0.15) is 0 Å². The van der Waals surface area contributed by atoms with Crippen LogP contribution in [-0.4, -0.2) is 66.7 Å². The zero-order valence-electron chi connectivity index (χ0n) is 15.5. The first-order valence-electron chi connectivity index (χ1n) is 9.14. The highest BCUT2D eigenvalue weighted by molar-refractivity contribution is 7.91. The van der Waals surface area contributed by atoms with Crippen molar-refractivity contribution >= 4 is 21.7 Å². The molecule has 0 radical (unpaired) electrons. The molecule has 0 unspecified atom stereocenters. The molecule has 0 saturated carbocycles. The van der Waals surface area contributed by atoms with Crippen molar-refractivity contribution in [2.45, 2.75) is 39.3 Å². The van der Waals surface area contributed by atoms with Gasteiger partial charge in [0.2, 0.25) is 5.91 Å². The van der Waals surface area contributed by atoms with Gasteiger partial charge in [-0.25, -0.2) is 8.42 Å². The van der Waals surface area contributed by atoms with E-state index < -0.39 is 21.9 Å². The molecule has 0 N–H and O–H groups in total. The van der Waals surface area contributed by atoms with Crippen molar-refractivity contribution in [2.75, 3.05) is 24.6 Å². The van der Waals surface area contributed by atoms with Crippen molar-refractivity contribution in [3.63, 3.8) is 0 Å². The van der Waals surface area contributed by atoms with Gasteiger partial charge in [0, 0.05) is 24.6 Å². The maximum atomic E-state index is 13.0. The predicted octanol–water partition coefficient (Wildman–Crippen LogP) is 1.36. The molecule has 2 aliphatic heterocycles. The summed E-state index contributed by atoms with van der Waals surface area (Å²) < 4.78 is 24.5. The minimum atomic E-state index is -3.27. The Morgan fingerprint density at radius 2 is 1.58 bits per heavy atom. The smallest absolute Gasteiger partial charge is 0.254 e. The standard InChI is InChI=1S/C19H26N2O4S/c1-4-14-5-7-15(8-6-14)19(23)21-10-9-20(18(22)13(2)3)16-11-26(24,25)12-17(16)21/h5-8,13,16-17H,4,9-12H2,1-3H3/t16-,17+/m0/s1. The zero-order valence-corrected chi connectivity index (χ0v) is 16.3. The van der Waals surface area contributed by atoms with Crippen LogP contribution in [0, 0.1) is 5.92 Å². The molecule has 6 nitrogen and oxygen atoms in total. The summed E-state index contributed by atoms with van der Waals surface area (Å²) in [7, 11) is -3.27. The topological polar surface area (TPSA) is 74.8 Å². The van der Waals surface area contributed by atoms with Crippen molar-refractivity contribution in [1.29, 1.82) is 0 Å².